The zero-order valence-corrected chi connectivity index (χ0v) is 23.9. The average molecular weight is 569 g/mol. The van der Waals surface area contributed by atoms with E-state index in [2.05, 4.69) is 97.1 Å². The average Bonchev–Trinajstić information content (AvgIpc) is 3.61. The van der Waals surface area contributed by atoms with E-state index in [9.17, 15) is 10.5 Å². The number of nitrogens with zero attached hydrogens (tertiary/aromatic N) is 2. The van der Waals surface area contributed by atoms with Crippen LogP contribution in [0.3, 0.4) is 0 Å². The molecule has 4 heteroatoms. The Morgan fingerprint density at radius 3 is 1.71 bits per heavy atom. The molecule has 2 aromatic heterocycles. The Labute approximate surface area is 250 Å². The van der Waals surface area contributed by atoms with Crippen molar-refractivity contribution < 1.29 is 0 Å². The maximum Gasteiger partial charge on any atom is 0.100 e. The summed E-state index contributed by atoms with van der Waals surface area (Å²) in [7, 11) is 0. The summed E-state index contributed by atoms with van der Waals surface area (Å²) in [6.45, 7) is 0. The first-order valence-electron chi connectivity index (χ1n) is 13.6. The monoisotopic (exact) mass is 568 g/mol. The van der Waals surface area contributed by atoms with Gasteiger partial charge in [0.05, 0.1) is 17.2 Å². The van der Waals surface area contributed by atoms with Crippen molar-refractivity contribution in [3.05, 3.63) is 132 Å². The van der Waals surface area contributed by atoms with Crippen molar-refractivity contribution in [1.82, 2.24) is 0 Å². The molecule has 0 bridgehead atoms. The van der Waals surface area contributed by atoms with Crippen LogP contribution in [-0.4, -0.2) is 0 Å². The van der Waals surface area contributed by atoms with Crippen LogP contribution in [0.4, 0.5) is 0 Å². The number of nitriles is 2. The molecule has 0 unspecified atom stereocenters. The molecule has 0 radical (unpaired) electrons. The second-order valence-corrected chi connectivity index (χ2v) is 12.5. The summed E-state index contributed by atoms with van der Waals surface area (Å²) >= 11 is 3.54. The normalized spacial score (nSPS) is 11.3. The number of hydrogen-bond acceptors (Lipinski definition) is 4. The Kier molecular flexibility index (Phi) is 5.66. The summed E-state index contributed by atoms with van der Waals surface area (Å²) in [5.41, 5.74) is 7.32. The van der Waals surface area contributed by atoms with E-state index in [-0.39, 0.29) is 0 Å². The van der Waals surface area contributed by atoms with E-state index in [1.807, 2.05) is 47.7 Å². The number of rotatable bonds is 3. The van der Waals surface area contributed by atoms with Crippen molar-refractivity contribution in [2.75, 3.05) is 0 Å². The fourth-order valence-corrected chi connectivity index (χ4v) is 8.08. The molecule has 0 aliphatic heterocycles. The fourth-order valence-electron chi connectivity index (χ4n) is 5.92. The van der Waals surface area contributed by atoms with Gasteiger partial charge in [0.25, 0.3) is 0 Å². The Balaban J connectivity index is 1.40. The molecular formula is C38H20N2S2. The van der Waals surface area contributed by atoms with Gasteiger partial charge >= 0.3 is 0 Å². The van der Waals surface area contributed by atoms with Crippen LogP contribution in [0.5, 0.6) is 0 Å². The maximum absolute atomic E-state index is 10.5. The van der Waals surface area contributed by atoms with Crippen LogP contribution >= 0.6 is 22.7 Å². The van der Waals surface area contributed by atoms with Gasteiger partial charge in [-0.05, 0) is 82.9 Å². The van der Waals surface area contributed by atoms with Crippen LogP contribution in [0.2, 0.25) is 0 Å². The van der Waals surface area contributed by atoms with Crippen LogP contribution in [0, 0.1) is 22.7 Å². The van der Waals surface area contributed by atoms with Crippen molar-refractivity contribution in [3.8, 4) is 45.5 Å². The van der Waals surface area contributed by atoms with Gasteiger partial charge in [0, 0.05) is 51.5 Å². The van der Waals surface area contributed by atoms with Gasteiger partial charge in [-0.25, -0.2) is 0 Å². The highest BCUT2D eigenvalue weighted by Crippen LogP contribution is 2.42. The van der Waals surface area contributed by atoms with Gasteiger partial charge in [-0.3, -0.25) is 0 Å². The van der Waals surface area contributed by atoms with E-state index in [4.69, 9.17) is 0 Å². The highest BCUT2D eigenvalue weighted by Gasteiger charge is 2.17. The molecule has 0 saturated heterocycles. The second kappa shape index (κ2) is 9.68. The van der Waals surface area contributed by atoms with Crippen LogP contribution < -0.4 is 0 Å². The fraction of sp³-hybridized carbons (Fsp3) is 0. The molecule has 0 spiro atoms. The van der Waals surface area contributed by atoms with E-state index in [1.54, 1.807) is 11.3 Å². The highest BCUT2D eigenvalue weighted by molar-refractivity contribution is 7.26. The molecule has 0 aliphatic rings. The van der Waals surface area contributed by atoms with E-state index in [0.717, 1.165) is 53.6 Å². The van der Waals surface area contributed by atoms with Gasteiger partial charge in [-0.2, -0.15) is 10.5 Å². The van der Waals surface area contributed by atoms with Gasteiger partial charge in [0.1, 0.15) is 6.07 Å². The third-order valence-electron chi connectivity index (χ3n) is 7.95. The van der Waals surface area contributed by atoms with Gasteiger partial charge < -0.3 is 0 Å². The molecule has 194 valence electrons. The molecule has 8 rings (SSSR count). The molecule has 0 aliphatic carbocycles. The van der Waals surface area contributed by atoms with Gasteiger partial charge in [0.2, 0.25) is 0 Å². The lowest BCUT2D eigenvalue weighted by molar-refractivity contribution is 1.47. The van der Waals surface area contributed by atoms with E-state index in [1.165, 1.54) is 20.2 Å². The lowest BCUT2D eigenvalue weighted by Crippen LogP contribution is -1.93. The van der Waals surface area contributed by atoms with Crippen LogP contribution in [-0.2, 0) is 0 Å². The number of hydrogen-bond donors (Lipinski definition) is 0. The van der Waals surface area contributed by atoms with Crippen LogP contribution in [0.15, 0.2) is 121 Å². The SMILES string of the molecule is N#Cc1ccc2sc3ccc(-c4cc(-c5ccc6sc7ccccc7c6c5)cc(-c5ccccc5)c4C#N)cc3c2c1. The first-order valence-corrected chi connectivity index (χ1v) is 15.3. The van der Waals surface area contributed by atoms with E-state index < -0.39 is 0 Å². The standard InChI is InChI=1S/C38H20N2S2/c39-21-23-10-13-36-31(16-23)33-18-26(12-15-38(33)42-36)30-20-27(19-29(34(30)22-40)24-6-2-1-3-7-24)25-11-14-37-32(17-25)28-8-4-5-9-35(28)41-37/h1-20H. The van der Waals surface area contributed by atoms with Gasteiger partial charge in [-0.15, -0.1) is 22.7 Å². The van der Waals surface area contributed by atoms with Gasteiger partial charge in [0.15, 0.2) is 0 Å². The smallest absolute Gasteiger partial charge is 0.100 e. The molecule has 2 nitrogen and oxygen atoms in total. The minimum absolute atomic E-state index is 0.648. The Morgan fingerprint density at radius 2 is 0.976 bits per heavy atom. The topological polar surface area (TPSA) is 47.6 Å². The molecule has 0 amide bonds. The lowest BCUT2D eigenvalue weighted by atomic mass is 9.88. The predicted octanol–water partition coefficient (Wildman–Crippen LogP) is 11.2. The molecule has 0 atom stereocenters. The van der Waals surface area contributed by atoms with Crippen molar-refractivity contribution in [2.45, 2.75) is 0 Å². The van der Waals surface area contributed by atoms with Crippen LogP contribution in [0.25, 0.3) is 73.7 Å². The van der Waals surface area contributed by atoms with Crippen molar-refractivity contribution in [2.24, 2.45) is 0 Å². The molecule has 0 fully saturated rings. The predicted molar refractivity (Wildman–Crippen MR) is 178 cm³/mol. The first-order chi connectivity index (χ1) is 20.7. The van der Waals surface area contributed by atoms with Gasteiger partial charge in [-0.1, -0.05) is 60.7 Å². The lowest BCUT2D eigenvalue weighted by Gasteiger charge is -2.15. The second-order valence-electron chi connectivity index (χ2n) is 10.4. The summed E-state index contributed by atoms with van der Waals surface area (Å²) < 4.78 is 4.86. The Bertz CT molecular complexity index is 2430. The molecule has 6 aromatic carbocycles. The van der Waals surface area contributed by atoms with Crippen molar-refractivity contribution >= 4 is 63.0 Å². The molecule has 0 saturated carbocycles. The number of benzene rings is 6. The minimum Gasteiger partial charge on any atom is -0.192 e. The summed E-state index contributed by atoms with van der Waals surface area (Å²) in [5.74, 6) is 0. The number of thiophene rings is 2. The Morgan fingerprint density at radius 1 is 0.405 bits per heavy atom. The van der Waals surface area contributed by atoms with E-state index in [0.29, 0.717) is 11.1 Å². The zero-order valence-electron chi connectivity index (χ0n) is 22.3. The van der Waals surface area contributed by atoms with Crippen LogP contribution in [0.1, 0.15) is 11.1 Å². The maximum atomic E-state index is 10.5. The highest BCUT2D eigenvalue weighted by atomic mass is 32.1. The molecule has 42 heavy (non-hydrogen) atoms. The zero-order chi connectivity index (χ0) is 28.2. The third kappa shape index (κ3) is 3.90. The summed E-state index contributed by atoms with van der Waals surface area (Å²) in [6.07, 6.45) is 0. The summed E-state index contributed by atoms with van der Waals surface area (Å²) in [6, 6.07) is 46.9. The minimum atomic E-state index is 0.648. The first kappa shape index (κ1) is 24.5. The third-order valence-corrected chi connectivity index (χ3v) is 10.3. The largest absolute Gasteiger partial charge is 0.192 e. The summed E-state index contributed by atoms with van der Waals surface area (Å²) in [5, 5.41) is 24.8. The van der Waals surface area contributed by atoms with Crippen molar-refractivity contribution in [1.29, 1.82) is 10.5 Å². The quantitative estimate of drug-likeness (QED) is 0.213. The van der Waals surface area contributed by atoms with Crippen molar-refractivity contribution in [3.63, 3.8) is 0 Å². The van der Waals surface area contributed by atoms with E-state index >= 15 is 0 Å². The number of fused-ring (bicyclic) bond motifs is 6. The Hall–Kier alpha value is -5.26. The molecular weight excluding hydrogens is 549 g/mol. The molecule has 2 heterocycles. The summed E-state index contributed by atoms with van der Waals surface area (Å²) in [4.78, 5) is 0. The molecule has 0 N–H and O–H groups in total. The molecule has 8 aromatic rings.